The van der Waals surface area contributed by atoms with Crippen LogP contribution in [0.1, 0.15) is 43.7 Å². The maximum Gasteiger partial charge on any atom is 0.246 e. The van der Waals surface area contributed by atoms with Gasteiger partial charge in [0.05, 0.1) is 0 Å². The number of rotatable bonds is 2. The van der Waals surface area contributed by atoms with Crippen molar-refractivity contribution < 1.29 is 4.79 Å². The Morgan fingerprint density at radius 1 is 1.22 bits per heavy atom. The fourth-order valence-corrected chi connectivity index (χ4v) is 3.53. The van der Waals surface area contributed by atoms with Crippen molar-refractivity contribution in [1.29, 1.82) is 0 Å². The van der Waals surface area contributed by atoms with Gasteiger partial charge in [0.1, 0.15) is 6.04 Å². The SMILES string of the molecule is O=C1Nc2cccc(Br)c2C1NC1CCCCC1. The summed E-state index contributed by atoms with van der Waals surface area (Å²) in [6, 6.07) is 6.19. The Kier molecular flexibility index (Phi) is 3.39. The first-order valence-corrected chi connectivity index (χ1v) is 7.40. The van der Waals surface area contributed by atoms with Crippen molar-refractivity contribution in [2.24, 2.45) is 0 Å². The summed E-state index contributed by atoms with van der Waals surface area (Å²) in [6.07, 6.45) is 6.24. The van der Waals surface area contributed by atoms with Crippen molar-refractivity contribution in [2.45, 2.75) is 44.2 Å². The quantitative estimate of drug-likeness (QED) is 0.879. The average molecular weight is 309 g/mol. The van der Waals surface area contributed by atoms with Gasteiger partial charge in [-0.1, -0.05) is 41.3 Å². The van der Waals surface area contributed by atoms with E-state index in [9.17, 15) is 4.79 Å². The van der Waals surface area contributed by atoms with E-state index in [-0.39, 0.29) is 11.9 Å². The largest absolute Gasteiger partial charge is 0.324 e. The zero-order valence-electron chi connectivity index (χ0n) is 10.2. The van der Waals surface area contributed by atoms with Crippen LogP contribution in [0.15, 0.2) is 22.7 Å². The van der Waals surface area contributed by atoms with Crippen LogP contribution in [0.5, 0.6) is 0 Å². The summed E-state index contributed by atoms with van der Waals surface area (Å²) in [7, 11) is 0. The molecule has 0 saturated heterocycles. The maximum atomic E-state index is 12.1. The van der Waals surface area contributed by atoms with Gasteiger partial charge in [0, 0.05) is 21.8 Å². The molecule has 3 nitrogen and oxygen atoms in total. The molecule has 3 rings (SSSR count). The van der Waals surface area contributed by atoms with Gasteiger partial charge in [-0.25, -0.2) is 0 Å². The second-order valence-corrected chi connectivity index (χ2v) is 5.98. The Hall–Kier alpha value is -0.870. The maximum absolute atomic E-state index is 12.1. The summed E-state index contributed by atoms with van der Waals surface area (Å²) in [5, 5.41) is 6.47. The lowest BCUT2D eigenvalue weighted by Crippen LogP contribution is -2.37. The molecule has 1 amide bonds. The first-order chi connectivity index (χ1) is 8.75. The lowest BCUT2D eigenvalue weighted by molar-refractivity contribution is -0.117. The molecule has 0 aromatic heterocycles. The molecule has 1 fully saturated rings. The molecular weight excluding hydrogens is 292 g/mol. The van der Waals surface area contributed by atoms with Crippen LogP contribution in [0.2, 0.25) is 0 Å². The van der Waals surface area contributed by atoms with Gasteiger partial charge in [-0.2, -0.15) is 0 Å². The van der Waals surface area contributed by atoms with Crippen molar-refractivity contribution in [2.75, 3.05) is 5.32 Å². The van der Waals surface area contributed by atoms with E-state index in [1.54, 1.807) is 0 Å². The predicted octanol–water partition coefficient (Wildman–Crippen LogP) is 3.36. The number of nitrogens with one attached hydrogen (secondary N) is 2. The zero-order chi connectivity index (χ0) is 12.5. The third-order valence-electron chi connectivity index (χ3n) is 3.87. The fraction of sp³-hybridized carbons (Fsp3) is 0.500. The van der Waals surface area contributed by atoms with Gasteiger partial charge in [-0.3, -0.25) is 10.1 Å². The molecule has 2 aliphatic rings. The smallest absolute Gasteiger partial charge is 0.246 e. The van der Waals surface area contributed by atoms with Crippen LogP contribution in [0.3, 0.4) is 0 Å². The second-order valence-electron chi connectivity index (χ2n) is 5.12. The highest BCUT2D eigenvalue weighted by atomic mass is 79.9. The molecule has 1 aromatic rings. The molecular formula is C14H17BrN2O. The van der Waals surface area contributed by atoms with E-state index < -0.39 is 0 Å². The van der Waals surface area contributed by atoms with E-state index in [0.717, 1.165) is 15.7 Å². The van der Waals surface area contributed by atoms with Gasteiger partial charge in [0.2, 0.25) is 5.91 Å². The number of anilines is 1. The molecule has 0 bridgehead atoms. The zero-order valence-corrected chi connectivity index (χ0v) is 11.8. The number of amides is 1. The van der Waals surface area contributed by atoms with E-state index in [4.69, 9.17) is 0 Å². The topological polar surface area (TPSA) is 41.1 Å². The normalized spacial score (nSPS) is 23.8. The molecule has 18 heavy (non-hydrogen) atoms. The van der Waals surface area contributed by atoms with E-state index >= 15 is 0 Å². The number of benzene rings is 1. The number of fused-ring (bicyclic) bond motifs is 1. The van der Waals surface area contributed by atoms with E-state index in [0.29, 0.717) is 6.04 Å². The highest BCUT2D eigenvalue weighted by Crippen LogP contribution is 2.37. The Morgan fingerprint density at radius 2 is 2.00 bits per heavy atom. The highest BCUT2D eigenvalue weighted by Gasteiger charge is 2.33. The Labute approximate surface area is 115 Å². The third-order valence-corrected chi connectivity index (χ3v) is 4.56. The molecule has 1 heterocycles. The summed E-state index contributed by atoms with van der Waals surface area (Å²) in [5.41, 5.74) is 2.00. The van der Waals surface area contributed by atoms with Crippen LogP contribution in [-0.4, -0.2) is 11.9 Å². The number of halogens is 1. The predicted molar refractivity (Wildman–Crippen MR) is 75.5 cm³/mol. The molecule has 1 aromatic carbocycles. The van der Waals surface area contributed by atoms with Crippen molar-refractivity contribution >= 4 is 27.5 Å². The van der Waals surface area contributed by atoms with Gasteiger partial charge >= 0.3 is 0 Å². The van der Waals surface area contributed by atoms with Gasteiger partial charge in [0.15, 0.2) is 0 Å². The fourth-order valence-electron chi connectivity index (χ4n) is 2.94. The van der Waals surface area contributed by atoms with Crippen LogP contribution in [-0.2, 0) is 4.79 Å². The van der Waals surface area contributed by atoms with Crippen molar-refractivity contribution in [3.05, 3.63) is 28.2 Å². The minimum absolute atomic E-state index is 0.0717. The van der Waals surface area contributed by atoms with Gasteiger partial charge in [0.25, 0.3) is 0 Å². The first kappa shape index (κ1) is 12.2. The molecule has 1 aliphatic heterocycles. The van der Waals surface area contributed by atoms with Crippen LogP contribution in [0, 0.1) is 0 Å². The number of carbonyl (C=O) groups is 1. The molecule has 2 N–H and O–H groups in total. The molecule has 96 valence electrons. The Morgan fingerprint density at radius 3 is 2.78 bits per heavy atom. The average Bonchev–Trinajstić information content (AvgIpc) is 2.69. The molecule has 0 radical (unpaired) electrons. The first-order valence-electron chi connectivity index (χ1n) is 6.61. The third kappa shape index (κ3) is 2.19. The summed E-state index contributed by atoms with van der Waals surface area (Å²) in [6.45, 7) is 0. The second kappa shape index (κ2) is 5.02. The minimum atomic E-state index is -0.196. The summed E-state index contributed by atoms with van der Waals surface area (Å²) >= 11 is 3.55. The van der Waals surface area contributed by atoms with Crippen molar-refractivity contribution in [3.63, 3.8) is 0 Å². The van der Waals surface area contributed by atoms with Crippen molar-refractivity contribution in [1.82, 2.24) is 5.32 Å². The van der Waals surface area contributed by atoms with Gasteiger partial charge in [-0.15, -0.1) is 0 Å². The molecule has 1 unspecified atom stereocenters. The molecule has 1 aliphatic carbocycles. The minimum Gasteiger partial charge on any atom is -0.324 e. The van der Waals surface area contributed by atoms with Crippen LogP contribution in [0.4, 0.5) is 5.69 Å². The highest BCUT2D eigenvalue weighted by molar-refractivity contribution is 9.10. The standard InChI is InChI=1S/C14H17BrN2O/c15-10-7-4-8-11-12(10)13(14(18)17-11)16-9-5-2-1-3-6-9/h4,7-9,13,16H,1-3,5-6H2,(H,17,18). The number of hydrogen-bond acceptors (Lipinski definition) is 2. The molecule has 1 atom stereocenters. The summed E-state index contributed by atoms with van der Waals surface area (Å²) in [4.78, 5) is 12.1. The van der Waals surface area contributed by atoms with Gasteiger partial charge < -0.3 is 5.32 Å². The number of carbonyl (C=O) groups excluding carboxylic acids is 1. The Balaban J connectivity index is 1.82. The number of hydrogen-bond donors (Lipinski definition) is 2. The molecule has 1 saturated carbocycles. The lowest BCUT2D eigenvalue weighted by atomic mass is 9.94. The van der Waals surface area contributed by atoms with Crippen LogP contribution >= 0.6 is 15.9 Å². The summed E-state index contributed by atoms with van der Waals surface area (Å²) in [5.74, 6) is 0.0717. The van der Waals surface area contributed by atoms with E-state index in [2.05, 4.69) is 26.6 Å². The summed E-state index contributed by atoms with van der Waals surface area (Å²) < 4.78 is 1.01. The van der Waals surface area contributed by atoms with E-state index in [1.807, 2.05) is 18.2 Å². The lowest BCUT2D eigenvalue weighted by Gasteiger charge is -2.26. The van der Waals surface area contributed by atoms with E-state index in [1.165, 1.54) is 32.1 Å². The molecule has 0 spiro atoms. The van der Waals surface area contributed by atoms with Crippen LogP contribution in [0.25, 0.3) is 0 Å². The van der Waals surface area contributed by atoms with Crippen molar-refractivity contribution in [3.8, 4) is 0 Å². The monoisotopic (exact) mass is 308 g/mol. The van der Waals surface area contributed by atoms with Crippen LogP contribution < -0.4 is 10.6 Å². The Bertz CT molecular complexity index is 469. The molecule has 4 heteroatoms. The van der Waals surface area contributed by atoms with Gasteiger partial charge in [-0.05, 0) is 25.0 Å².